The number of carbonyl (C=O) groups is 1. The molecule has 0 bridgehead atoms. The van der Waals surface area contributed by atoms with Crippen LogP contribution in [0.2, 0.25) is 0 Å². The van der Waals surface area contributed by atoms with Gasteiger partial charge in [-0.15, -0.1) is 0 Å². The fourth-order valence-electron chi connectivity index (χ4n) is 1.31. The molecule has 0 fully saturated rings. The molecule has 0 radical (unpaired) electrons. The third kappa shape index (κ3) is 1.78. The Kier molecular flexibility index (Phi) is 2.32. The number of halogens is 2. The zero-order valence-electron chi connectivity index (χ0n) is 7.41. The van der Waals surface area contributed by atoms with Crippen molar-refractivity contribution >= 4 is 17.3 Å². The highest BCUT2D eigenvalue weighted by Crippen LogP contribution is 2.22. The average molecular weight is 212 g/mol. The molecular weight excluding hydrogens is 206 g/mol. The molecule has 1 aromatic carbocycles. The first-order chi connectivity index (χ1) is 7.20. The molecule has 1 N–H and O–H groups in total. The van der Waals surface area contributed by atoms with E-state index < -0.39 is 6.61 Å². The number of aldehydes is 1. The van der Waals surface area contributed by atoms with E-state index in [1.807, 2.05) is 0 Å². The van der Waals surface area contributed by atoms with Crippen LogP contribution in [0.3, 0.4) is 0 Å². The number of fused-ring (bicyclic) bond motifs is 1. The molecule has 2 rings (SSSR count). The van der Waals surface area contributed by atoms with Crippen molar-refractivity contribution in [2.24, 2.45) is 0 Å². The number of hydrogen-bond donors (Lipinski definition) is 1. The lowest BCUT2D eigenvalue weighted by Gasteiger charge is -2.04. The van der Waals surface area contributed by atoms with E-state index in [0.29, 0.717) is 17.3 Å². The van der Waals surface area contributed by atoms with Gasteiger partial charge < -0.3 is 9.72 Å². The quantitative estimate of drug-likeness (QED) is 0.791. The molecule has 0 spiro atoms. The normalized spacial score (nSPS) is 10.9. The largest absolute Gasteiger partial charge is 0.435 e. The van der Waals surface area contributed by atoms with Crippen LogP contribution in [0.15, 0.2) is 18.5 Å². The summed E-state index contributed by atoms with van der Waals surface area (Å²) >= 11 is 0. The first-order valence-corrected chi connectivity index (χ1v) is 4.08. The van der Waals surface area contributed by atoms with Crippen LogP contribution >= 0.6 is 0 Å². The Morgan fingerprint density at radius 1 is 1.47 bits per heavy atom. The van der Waals surface area contributed by atoms with Gasteiger partial charge in [-0.3, -0.25) is 4.79 Å². The van der Waals surface area contributed by atoms with Crippen molar-refractivity contribution in [3.05, 3.63) is 24.0 Å². The number of carbonyl (C=O) groups excluding carboxylic acids is 1. The van der Waals surface area contributed by atoms with E-state index >= 15 is 0 Å². The van der Waals surface area contributed by atoms with E-state index in [1.165, 1.54) is 18.5 Å². The van der Waals surface area contributed by atoms with Gasteiger partial charge in [-0.1, -0.05) is 0 Å². The molecule has 0 atom stereocenters. The number of aromatic amines is 1. The molecule has 1 heterocycles. The molecule has 0 aliphatic carbocycles. The molecule has 1 aromatic heterocycles. The minimum atomic E-state index is -2.91. The number of hydrogen-bond acceptors (Lipinski definition) is 3. The van der Waals surface area contributed by atoms with Crippen molar-refractivity contribution in [2.75, 3.05) is 0 Å². The Bertz CT molecular complexity index is 496. The van der Waals surface area contributed by atoms with Gasteiger partial charge in [-0.25, -0.2) is 4.98 Å². The molecule has 6 heteroatoms. The molecular formula is C9H6F2N2O2. The summed E-state index contributed by atoms with van der Waals surface area (Å²) in [6.07, 6.45) is 1.92. The zero-order valence-corrected chi connectivity index (χ0v) is 7.41. The molecule has 0 saturated heterocycles. The second-order valence-corrected chi connectivity index (χ2v) is 2.81. The number of H-pyrrole nitrogens is 1. The molecule has 0 aliphatic heterocycles. The monoisotopic (exact) mass is 212 g/mol. The number of aromatic nitrogens is 2. The number of alkyl halides is 2. The zero-order chi connectivity index (χ0) is 10.8. The van der Waals surface area contributed by atoms with Gasteiger partial charge in [0.15, 0.2) is 6.29 Å². The minimum absolute atomic E-state index is 0.0659. The number of benzene rings is 1. The maximum absolute atomic E-state index is 11.9. The molecule has 78 valence electrons. The van der Waals surface area contributed by atoms with E-state index in [4.69, 9.17) is 0 Å². The summed E-state index contributed by atoms with van der Waals surface area (Å²) in [5, 5.41) is 0. The standard InChI is InChI=1S/C9H6F2N2O2/c10-9(11)15-6-1-5(3-14)8-7(2-6)12-4-13-8/h1-4,9H,(H,12,13). The van der Waals surface area contributed by atoms with E-state index in [2.05, 4.69) is 14.7 Å². The van der Waals surface area contributed by atoms with Gasteiger partial charge in [-0.05, 0) is 6.07 Å². The van der Waals surface area contributed by atoms with Crippen molar-refractivity contribution < 1.29 is 18.3 Å². The van der Waals surface area contributed by atoms with Crippen molar-refractivity contribution in [1.29, 1.82) is 0 Å². The van der Waals surface area contributed by atoms with Crippen LogP contribution < -0.4 is 4.74 Å². The van der Waals surface area contributed by atoms with Crippen molar-refractivity contribution in [1.82, 2.24) is 9.97 Å². The summed E-state index contributed by atoms with van der Waals surface area (Å²) in [5.41, 5.74) is 1.13. The Morgan fingerprint density at radius 3 is 2.93 bits per heavy atom. The van der Waals surface area contributed by atoms with Gasteiger partial charge in [0.05, 0.1) is 17.4 Å². The molecule has 0 unspecified atom stereocenters. The van der Waals surface area contributed by atoms with Crippen LogP contribution in [0, 0.1) is 0 Å². The fraction of sp³-hybridized carbons (Fsp3) is 0.111. The van der Waals surface area contributed by atoms with Gasteiger partial charge in [0, 0.05) is 11.6 Å². The van der Waals surface area contributed by atoms with Crippen molar-refractivity contribution in [3.63, 3.8) is 0 Å². The summed E-state index contributed by atoms with van der Waals surface area (Å²) in [5.74, 6) is -0.0659. The van der Waals surface area contributed by atoms with Crippen LogP contribution in [-0.2, 0) is 0 Å². The Morgan fingerprint density at radius 2 is 2.27 bits per heavy atom. The van der Waals surface area contributed by atoms with Gasteiger partial charge in [-0.2, -0.15) is 8.78 Å². The topological polar surface area (TPSA) is 55.0 Å². The fourth-order valence-corrected chi connectivity index (χ4v) is 1.31. The van der Waals surface area contributed by atoms with Crippen LogP contribution in [-0.4, -0.2) is 22.9 Å². The van der Waals surface area contributed by atoms with E-state index in [0.717, 1.165) is 0 Å². The number of nitrogens with one attached hydrogen (secondary N) is 1. The Labute approximate surface area is 82.9 Å². The van der Waals surface area contributed by atoms with Crippen LogP contribution in [0.4, 0.5) is 8.78 Å². The lowest BCUT2D eigenvalue weighted by molar-refractivity contribution is -0.0497. The predicted octanol–water partition coefficient (Wildman–Crippen LogP) is 1.98. The van der Waals surface area contributed by atoms with Gasteiger partial charge >= 0.3 is 6.61 Å². The first-order valence-electron chi connectivity index (χ1n) is 4.08. The maximum Gasteiger partial charge on any atom is 0.387 e. The summed E-state index contributed by atoms with van der Waals surface area (Å²) in [4.78, 5) is 17.3. The second-order valence-electron chi connectivity index (χ2n) is 2.81. The third-order valence-electron chi connectivity index (χ3n) is 1.88. The van der Waals surface area contributed by atoms with Gasteiger partial charge in [0.1, 0.15) is 5.75 Å². The molecule has 4 nitrogen and oxygen atoms in total. The summed E-state index contributed by atoms with van der Waals surface area (Å²) < 4.78 is 28.1. The number of rotatable bonds is 3. The smallest absolute Gasteiger partial charge is 0.387 e. The number of nitrogens with zero attached hydrogens (tertiary/aromatic N) is 1. The number of ether oxygens (including phenoxy) is 1. The highest BCUT2D eigenvalue weighted by Gasteiger charge is 2.09. The second kappa shape index (κ2) is 3.64. The molecule has 15 heavy (non-hydrogen) atoms. The Hall–Kier alpha value is -1.98. The molecule has 0 aliphatic rings. The average Bonchev–Trinajstić information content (AvgIpc) is 2.63. The highest BCUT2D eigenvalue weighted by atomic mass is 19.3. The SMILES string of the molecule is O=Cc1cc(OC(F)F)cc2[nH]cnc12. The molecule has 2 aromatic rings. The van der Waals surface area contributed by atoms with E-state index in [1.54, 1.807) is 0 Å². The summed E-state index contributed by atoms with van der Waals surface area (Å²) in [6, 6.07) is 2.59. The van der Waals surface area contributed by atoms with E-state index in [9.17, 15) is 13.6 Å². The summed E-state index contributed by atoms with van der Waals surface area (Å²) in [6.45, 7) is -2.91. The minimum Gasteiger partial charge on any atom is -0.435 e. The third-order valence-corrected chi connectivity index (χ3v) is 1.88. The molecule has 0 amide bonds. The lowest BCUT2D eigenvalue weighted by Crippen LogP contribution is -2.02. The first kappa shape index (κ1) is 9.57. The van der Waals surface area contributed by atoms with Crippen LogP contribution in [0.5, 0.6) is 5.75 Å². The van der Waals surface area contributed by atoms with Crippen molar-refractivity contribution in [3.8, 4) is 5.75 Å². The van der Waals surface area contributed by atoms with Crippen LogP contribution in [0.1, 0.15) is 10.4 Å². The maximum atomic E-state index is 11.9. The van der Waals surface area contributed by atoms with Gasteiger partial charge in [0.2, 0.25) is 0 Å². The number of imidazole rings is 1. The predicted molar refractivity (Wildman–Crippen MR) is 48.1 cm³/mol. The highest BCUT2D eigenvalue weighted by molar-refractivity contribution is 5.95. The molecule has 0 saturated carbocycles. The van der Waals surface area contributed by atoms with Crippen LogP contribution in [0.25, 0.3) is 11.0 Å². The van der Waals surface area contributed by atoms with E-state index in [-0.39, 0.29) is 11.3 Å². The lowest BCUT2D eigenvalue weighted by atomic mass is 10.2. The van der Waals surface area contributed by atoms with Crippen molar-refractivity contribution in [2.45, 2.75) is 6.61 Å². The van der Waals surface area contributed by atoms with Gasteiger partial charge in [0.25, 0.3) is 0 Å². The Balaban J connectivity index is 2.53. The summed E-state index contributed by atoms with van der Waals surface area (Å²) in [7, 11) is 0.